The number of thiophene rings is 1. The lowest BCUT2D eigenvalue weighted by molar-refractivity contribution is 0.198. The molecule has 1 heterocycles. The van der Waals surface area contributed by atoms with Crippen molar-refractivity contribution in [3.05, 3.63) is 15.9 Å². The first-order valence-corrected chi connectivity index (χ1v) is 9.04. The minimum atomic E-state index is -3.43. The zero-order valence-corrected chi connectivity index (χ0v) is 13.1. The molecule has 2 rings (SSSR count). The molecule has 1 saturated carbocycles. The summed E-state index contributed by atoms with van der Waals surface area (Å²) in [7, 11) is -3.43. The second kappa shape index (κ2) is 6.00. The molecule has 7 heteroatoms. The van der Waals surface area contributed by atoms with Gasteiger partial charge >= 0.3 is 0 Å². The molecule has 0 unspecified atom stereocenters. The van der Waals surface area contributed by atoms with Gasteiger partial charge in [0, 0.05) is 23.7 Å². The summed E-state index contributed by atoms with van der Waals surface area (Å²) in [4.78, 5) is 0. The maximum Gasteiger partial charge on any atom is 0.253 e. The maximum atomic E-state index is 12.6. The fourth-order valence-electron chi connectivity index (χ4n) is 1.97. The second-order valence-electron chi connectivity index (χ2n) is 4.33. The molecule has 0 aromatic carbocycles. The van der Waals surface area contributed by atoms with E-state index >= 15 is 0 Å². The summed E-state index contributed by atoms with van der Waals surface area (Å²) in [6.45, 7) is 0.415. The van der Waals surface area contributed by atoms with Gasteiger partial charge in [-0.05, 0) is 46.6 Å². The van der Waals surface area contributed by atoms with E-state index in [1.54, 1.807) is 15.8 Å². The van der Waals surface area contributed by atoms with Gasteiger partial charge in [-0.1, -0.05) is 6.42 Å². The number of nitrogens with zero attached hydrogens (tertiary/aromatic N) is 1. The Kier molecular flexibility index (Phi) is 4.82. The van der Waals surface area contributed by atoms with Gasteiger partial charge in [-0.3, -0.25) is 0 Å². The van der Waals surface area contributed by atoms with Gasteiger partial charge in [-0.15, -0.1) is 11.3 Å². The summed E-state index contributed by atoms with van der Waals surface area (Å²) in [6.07, 6.45) is 3.42. The molecule has 1 aromatic heterocycles. The van der Waals surface area contributed by atoms with Crippen LogP contribution in [0, 0.1) is 0 Å². The smallest absolute Gasteiger partial charge is 0.253 e. The predicted octanol–water partition coefficient (Wildman–Crippen LogP) is 2.44. The number of aliphatic hydroxyl groups excluding tert-OH is 1. The van der Waals surface area contributed by atoms with Crippen molar-refractivity contribution < 1.29 is 13.5 Å². The predicted molar refractivity (Wildman–Crippen MR) is 75.3 cm³/mol. The molecule has 1 N–H and O–H groups in total. The van der Waals surface area contributed by atoms with Crippen LogP contribution < -0.4 is 0 Å². The molecule has 1 fully saturated rings. The molecule has 0 aliphatic heterocycles. The number of hydrogen-bond acceptors (Lipinski definition) is 4. The van der Waals surface area contributed by atoms with E-state index < -0.39 is 10.0 Å². The van der Waals surface area contributed by atoms with E-state index in [0.717, 1.165) is 19.3 Å². The molecule has 0 bridgehead atoms. The van der Waals surface area contributed by atoms with Crippen molar-refractivity contribution in [3.63, 3.8) is 0 Å². The molecule has 0 atom stereocenters. The van der Waals surface area contributed by atoms with Crippen LogP contribution in [-0.2, 0) is 10.0 Å². The molecule has 0 radical (unpaired) electrons. The normalized spacial score (nSPS) is 17.1. The standard InChI is InChI=1S/C11H16BrNO3S2/c12-10-5-8-17-11(10)18(15,16)13(6-2-7-14)9-3-1-4-9/h5,8-9,14H,1-4,6-7H2. The maximum absolute atomic E-state index is 12.6. The SMILES string of the molecule is O=S(=O)(c1sccc1Br)N(CCCO)C1CCC1. The molecule has 1 aromatic rings. The Morgan fingerprint density at radius 2 is 2.22 bits per heavy atom. The highest BCUT2D eigenvalue weighted by molar-refractivity contribution is 9.10. The number of hydrogen-bond donors (Lipinski definition) is 1. The lowest BCUT2D eigenvalue weighted by Crippen LogP contribution is -2.44. The largest absolute Gasteiger partial charge is 0.396 e. The van der Waals surface area contributed by atoms with E-state index in [4.69, 9.17) is 5.11 Å². The minimum absolute atomic E-state index is 0.0182. The third-order valence-corrected chi connectivity index (χ3v) is 7.75. The Hall–Kier alpha value is 0.0500. The summed E-state index contributed by atoms with van der Waals surface area (Å²) in [5.74, 6) is 0. The molecule has 0 amide bonds. The molecule has 18 heavy (non-hydrogen) atoms. The summed E-state index contributed by atoms with van der Waals surface area (Å²) in [6, 6.07) is 1.86. The van der Waals surface area contributed by atoms with Gasteiger partial charge in [0.05, 0.1) is 0 Å². The van der Waals surface area contributed by atoms with Crippen LogP contribution in [0.3, 0.4) is 0 Å². The lowest BCUT2D eigenvalue weighted by atomic mass is 9.93. The van der Waals surface area contributed by atoms with Gasteiger partial charge in [-0.25, -0.2) is 8.42 Å². The van der Waals surface area contributed by atoms with Gasteiger partial charge in [0.1, 0.15) is 4.21 Å². The number of sulfonamides is 1. The van der Waals surface area contributed by atoms with Gasteiger partial charge in [-0.2, -0.15) is 4.31 Å². The zero-order chi connectivity index (χ0) is 13.2. The van der Waals surface area contributed by atoms with Gasteiger partial charge < -0.3 is 5.11 Å². The van der Waals surface area contributed by atoms with Crippen LogP contribution in [0.2, 0.25) is 0 Å². The highest BCUT2D eigenvalue weighted by Gasteiger charge is 2.35. The van der Waals surface area contributed by atoms with Crippen molar-refractivity contribution in [2.24, 2.45) is 0 Å². The average molecular weight is 354 g/mol. The van der Waals surface area contributed by atoms with Crippen molar-refractivity contribution >= 4 is 37.3 Å². The highest BCUT2D eigenvalue weighted by atomic mass is 79.9. The van der Waals surface area contributed by atoms with Crippen LogP contribution in [-0.4, -0.2) is 37.0 Å². The number of aliphatic hydroxyl groups is 1. The number of rotatable bonds is 6. The Bertz CT molecular complexity index is 496. The van der Waals surface area contributed by atoms with E-state index in [9.17, 15) is 8.42 Å². The quantitative estimate of drug-likeness (QED) is 0.854. The Morgan fingerprint density at radius 1 is 1.50 bits per heavy atom. The Balaban J connectivity index is 2.26. The molecule has 1 aliphatic carbocycles. The molecule has 4 nitrogen and oxygen atoms in total. The third-order valence-electron chi connectivity index (χ3n) is 3.15. The Morgan fingerprint density at radius 3 is 2.67 bits per heavy atom. The van der Waals surface area contributed by atoms with Crippen molar-refractivity contribution in [3.8, 4) is 0 Å². The van der Waals surface area contributed by atoms with Crippen LogP contribution in [0.4, 0.5) is 0 Å². The summed E-state index contributed by atoms with van der Waals surface area (Å²) < 4.78 is 27.7. The first-order chi connectivity index (χ1) is 8.57. The minimum Gasteiger partial charge on any atom is -0.396 e. The monoisotopic (exact) mass is 353 g/mol. The molecule has 1 aliphatic rings. The average Bonchev–Trinajstić information content (AvgIpc) is 2.68. The molecule has 102 valence electrons. The summed E-state index contributed by atoms with van der Waals surface area (Å²) in [5.41, 5.74) is 0. The van der Waals surface area contributed by atoms with E-state index in [1.165, 1.54) is 11.3 Å². The first kappa shape index (κ1) is 14.5. The van der Waals surface area contributed by atoms with Crippen LogP contribution in [0.25, 0.3) is 0 Å². The van der Waals surface area contributed by atoms with Gasteiger partial charge in [0.25, 0.3) is 10.0 Å². The van der Waals surface area contributed by atoms with Crippen LogP contribution >= 0.6 is 27.3 Å². The third kappa shape index (κ3) is 2.80. The topological polar surface area (TPSA) is 57.6 Å². The lowest BCUT2D eigenvalue weighted by Gasteiger charge is -2.36. The van der Waals surface area contributed by atoms with Crippen LogP contribution in [0.15, 0.2) is 20.1 Å². The highest BCUT2D eigenvalue weighted by Crippen LogP contribution is 2.35. The second-order valence-corrected chi connectivity index (χ2v) is 8.19. The van der Waals surface area contributed by atoms with Gasteiger partial charge in [0.15, 0.2) is 0 Å². The van der Waals surface area contributed by atoms with E-state index in [2.05, 4.69) is 15.9 Å². The fourth-order valence-corrected chi connectivity index (χ4v) is 6.12. The molecular weight excluding hydrogens is 338 g/mol. The van der Waals surface area contributed by atoms with Crippen molar-refractivity contribution in [2.45, 2.75) is 35.9 Å². The molecule has 0 saturated heterocycles. The van der Waals surface area contributed by atoms with Crippen molar-refractivity contribution in [1.29, 1.82) is 0 Å². The van der Waals surface area contributed by atoms with Crippen molar-refractivity contribution in [2.75, 3.05) is 13.2 Å². The first-order valence-electron chi connectivity index (χ1n) is 5.93. The van der Waals surface area contributed by atoms with Crippen LogP contribution in [0.5, 0.6) is 0 Å². The zero-order valence-electron chi connectivity index (χ0n) is 9.88. The van der Waals surface area contributed by atoms with E-state index in [-0.39, 0.29) is 12.6 Å². The van der Waals surface area contributed by atoms with Crippen LogP contribution in [0.1, 0.15) is 25.7 Å². The summed E-state index contributed by atoms with van der Waals surface area (Å²) in [5, 5.41) is 10.7. The molecule has 0 spiro atoms. The molecular formula is C11H16BrNO3S2. The fraction of sp³-hybridized carbons (Fsp3) is 0.636. The van der Waals surface area contributed by atoms with E-state index in [0.29, 0.717) is 21.6 Å². The van der Waals surface area contributed by atoms with E-state index in [1.807, 2.05) is 0 Å². The van der Waals surface area contributed by atoms with Crippen molar-refractivity contribution in [1.82, 2.24) is 4.31 Å². The Labute approximate surface area is 120 Å². The number of halogens is 1. The summed E-state index contributed by atoms with van der Waals surface area (Å²) >= 11 is 4.51. The van der Waals surface area contributed by atoms with Gasteiger partial charge in [0.2, 0.25) is 0 Å².